The number of carbonyl (C=O) groups excluding carboxylic acids is 2. The van der Waals surface area contributed by atoms with Gasteiger partial charge < -0.3 is 10.1 Å². The molecule has 2 aromatic rings. The van der Waals surface area contributed by atoms with Crippen molar-refractivity contribution in [3.05, 3.63) is 58.7 Å². The Morgan fingerprint density at radius 2 is 1.77 bits per heavy atom. The third kappa shape index (κ3) is 4.64. The molecule has 8 heteroatoms. The van der Waals surface area contributed by atoms with E-state index in [0.717, 1.165) is 41.5 Å². The molecule has 1 amide bonds. The summed E-state index contributed by atoms with van der Waals surface area (Å²) in [5.41, 5.74) is 4.48. The molecular weight excluding hydrogens is 404 g/mol. The van der Waals surface area contributed by atoms with Crippen molar-refractivity contribution in [3.8, 4) is 0 Å². The van der Waals surface area contributed by atoms with Crippen molar-refractivity contribution in [2.24, 2.45) is 0 Å². The van der Waals surface area contributed by atoms with E-state index in [0.29, 0.717) is 24.2 Å². The highest BCUT2D eigenvalue weighted by Crippen LogP contribution is 2.31. The van der Waals surface area contributed by atoms with Crippen LogP contribution < -0.4 is 9.62 Å². The van der Waals surface area contributed by atoms with E-state index in [4.69, 9.17) is 4.74 Å². The minimum atomic E-state index is -3.35. The summed E-state index contributed by atoms with van der Waals surface area (Å²) in [6.07, 6.45) is 3.24. The van der Waals surface area contributed by atoms with E-state index in [9.17, 15) is 18.0 Å². The number of fused-ring (bicyclic) bond motifs is 1. The third-order valence-electron chi connectivity index (χ3n) is 5.17. The van der Waals surface area contributed by atoms with Gasteiger partial charge in [-0.3, -0.25) is 9.10 Å². The minimum Gasteiger partial charge on any atom is -0.452 e. The lowest BCUT2D eigenvalue weighted by atomic mass is 10.0. The van der Waals surface area contributed by atoms with Gasteiger partial charge in [0.2, 0.25) is 10.0 Å². The molecule has 0 bridgehead atoms. The number of ether oxygens (including phenoxy) is 1. The molecule has 1 aliphatic heterocycles. The number of anilines is 2. The Balaban J connectivity index is 1.65. The summed E-state index contributed by atoms with van der Waals surface area (Å²) in [6.45, 7) is 3.99. The molecule has 0 aliphatic carbocycles. The highest BCUT2D eigenvalue weighted by atomic mass is 32.2. The number of para-hydroxylation sites is 1. The van der Waals surface area contributed by atoms with Crippen LogP contribution in [-0.4, -0.2) is 39.7 Å². The smallest absolute Gasteiger partial charge is 0.338 e. The zero-order valence-corrected chi connectivity index (χ0v) is 18.2. The van der Waals surface area contributed by atoms with E-state index in [-0.39, 0.29) is 0 Å². The average molecular weight is 431 g/mol. The van der Waals surface area contributed by atoms with Gasteiger partial charge in [0.25, 0.3) is 5.91 Å². The van der Waals surface area contributed by atoms with Crippen molar-refractivity contribution in [1.29, 1.82) is 0 Å². The second kappa shape index (κ2) is 8.87. The molecule has 3 rings (SSSR count). The molecule has 0 atom stereocenters. The molecule has 0 aromatic heterocycles. The molecule has 160 valence electrons. The Hall–Kier alpha value is -2.87. The summed E-state index contributed by atoms with van der Waals surface area (Å²) in [5.74, 6) is -1.02. The summed E-state index contributed by atoms with van der Waals surface area (Å²) in [5, 5.41) is 2.86. The third-order valence-corrected chi connectivity index (χ3v) is 6.35. The van der Waals surface area contributed by atoms with Gasteiger partial charge in [-0.1, -0.05) is 32.0 Å². The number of hydrogen-bond donors (Lipinski definition) is 1. The van der Waals surface area contributed by atoms with Gasteiger partial charge in [-0.15, -0.1) is 0 Å². The first kappa shape index (κ1) is 21.8. The van der Waals surface area contributed by atoms with Crippen molar-refractivity contribution >= 4 is 33.3 Å². The van der Waals surface area contributed by atoms with E-state index in [1.54, 1.807) is 12.1 Å². The number of carbonyl (C=O) groups is 2. The molecule has 0 saturated carbocycles. The second-order valence-corrected chi connectivity index (χ2v) is 9.12. The Bertz CT molecular complexity index is 1060. The maximum Gasteiger partial charge on any atom is 0.338 e. The van der Waals surface area contributed by atoms with Crippen LogP contribution in [0.25, 0.3) is 0 Å². The first-order chi connectivity index (χ1) is 14.2. The van der Waals surface area contributed by atoms with Crippen molar-refractivity contribution < 1.29 is 22.7 Å². The average Bonchev–Trinajstić information content (AvgIpc) is 3.15. The zero-order valence-electron chi connectivity index (χ0n) is 17.4. The van der Waals surface area contributed by atoms with Crippen LogP contribution in [-0.2, 0) is 38.8 Å². The van der Waals surface area contributed by atoms with Crippen LogP contribution in [0.2, 0.25) is 0 Å². The fourth-order valence-electron chi connectivity index (χ4n) is 3.64. The normalized spacial score (nSPS) is 13.1. The van der Waals surface area contributed by atoms with Gasteiger partial charge in [0, 0.05) is 12.2 Å². The van der Waals surface area contributed by atoms with Crippen molar-refractivity contribution in [2.75, 3.05) is 29.0 Å². The molecule has 0 radical (unpaired) electrons. The van der Waals surface area contributed by atoms with Crippen molar-refractivity contribution in [2.45, 2.75) is 33.1 Å². The first-order valence-corrected chi connectivity index (χ1v) is 11.8. The molecule has 2 aromatic carbocycles. The molecule has 0 spiro atoms. The Morgan fingerprint density at radius 3 is 2.37 bits per heavy atom. The fraction of sp³-hybridized carbons (Fsp3) is 0.364. The van der Waals surface area contributed by atoms with E-state index >= 15 is 0 Å². The van der Waals surface area contributed by atoms with Crippen LogP contribution in [0.4, 0.5) is 11.4 Å². The lowest BCUT2D eigenvalue weighted by Gasteiger charge is -2.16. The highest BCUT2D eigenvalue weighted by Gasteiger charge is 2.27. The molecule has 1 N–H and O–H groups in total. The summed E-state index contributed by atoms with van der Waals surface area (Å²) < 4.78 is 30.1. The Kier molecular flexibility index (Phi) is 6.45. The molecule has 30 heavy (non-hydrogen) atoms. The number of nitrogens with one attached hydrogen (secondary N) is 1. The number of nitrogens with zero attached hydrogens (tertiary/aromatic N) is 1. The highest BCUT2D eigenvalue weighted by molar-refractivity contribution is 7.92. The summed E-state index contributed by atoms with van der Waals surface area (Å²) >= 11 is 0. The molecule has 0 fully saturated rings. The summed E-state index contributed by atoms with van der Waals surface area (Å²) in [4.78, 5) is 24.8. The predicted octanol–water partition coefficient (Wildman–Crippen LogP) is 2.93. The molecule has 7 nitrogen and oxygen atoms in total. The SMILES string of the molecule is CCc1cccc(CC)c1NC(=O)COC(=O)c1ccc2c(c1)CCN2S(C)(=O)=O. The zero-order chi connectivity index (χ0) is 21.9. The number of amides is 1. The largest absolute Gasteiger partial charge is 0.452 e. The van der Waals surface area contributed by atoms with Crippen molar-refractivity contribution in [1.82, 2.24) is 0 Å². The van der Waals surface area contributed by atoms with Crippen LogP contribution in [0.3, 0.4) is 0 Å². The summed E-state index contributed by atoms with van der Waals surface area (Å²) in [6, 6.07) is 10.6. The van der Waals surface area contributed by atoms with Gasteiger partial charge in [-0.05, 0) is 54.2 Å². The van der Waals surface area contributed by atoms with Gasteiger partial charge in [-0.25, -0.2) is 13.2 Å². The number of aryl methyl sites for hydroxylation is 2. The van der Waals surface area contributed by atoms with E-state index < -0.39 is 28.5 Å². The van der Waals surface area contributed by atoms with E-state index in [2.05, 4.69) is 5.32 Å². The van der Waals surface area contributed by atoms with Crippen LogP contribution in [0.5, 0.6) is 0 Å². The Labute approximate surface area is 177 Å². The predicted molar refractivity (Wildman–Crippen MR) is 116 cm³/mol. The van der Waals surface area contributed by atoms with E-state index in [1.165, 1.54) is 10.4 Å². The van der Waals surface area contributed by atoms with Gasteiger partial charge in [-0.2, -0.15) is 0 Å². The van der Waals surface area contributed by atoms with Crippen LogP contribution in [0, 0.1) is 0 Å². The topological polar surface area (TPSA) is 92.8 Å². The van der Waals surface area contributed by atoms with Gasteiger partial charge in [0.1, 0.15) is 0 Å². The minimum absolute atomic E-state index is 0.292. The lowest BCUT2D eigenvalue weighted by Crippen LogP contribution is -2.27. The van der Waals surface area contributed by atoms with Crippen LogP contribution in [0.1, 0.15) is 40.9 Å². The Morgan fingerprint density at radius 1 is 1.10 bits per heavy atom. The standard InChI is InChI=1S/C22H26N2O5S/c1-4-15-7-6-8-16(5-2)21(15)23-20(25)14-29-22(26)18-9-10-19-17(13-18)11-12-24(19)30(3,27)28/h6-10,13H,4-5,11-12,14H2,1-3H3,(H,23,25). The lowest BCUT2D eigenvalue weighted by molar-refractivity contribution is -0.119. The first-order valence-electron chi connectivity index (χ1n) is 9.93. The molecule has 1 aliphatic rings. The molecular formula is C22H26N2O5S. The molecule has 0 unspecified atom stereocenters. The van der Waals surface area contributed by atoms with Gasteiger partial charge in [0.15, 0.2) is 6.61 Å². The van der Waals surface area contributed by atoms with Crippen LogP contribution in [0.15, 0.2) is 36.4 Å². The van der Waals surface area contributed by atoms with Crippen molar-refractivity contribution in [3.63, 3.8) is 0 Å². The number of rotatable bonds is 7. The maximum absolute atomic E-state index is 12.4. The number of benzene rings is 2. The number of esters is 1. The second-order valence-electron chi connectivity index (χ2n) is 7.21. The van der Waals surface area contributed by atoms with E-state index in [1.807, 2.05) is 32.0 Å². The quantitative estimate of drug-likeness (QED) is 0.682. The molecule has 0 saturated heterocycles. The number of hydrogen-bond acceptors (Lipinski definition) is 5. The number of sulfonamides is 1. The summed E-state index contributed by atoms with van der Waals surface area (Å²) in [7, 11) is -3.35. The maximum atomic E-state index is 12.4. The molecule has 1 heterocycles. The fourth-order valence-corrected chi connectivity index (χ4v) is 4.59. The van der Waals surface area contributed by atoms with Gasteiger partial charge in [0.05, 0.1) is 17.5 Å². The monoisotopic (exact) mass is 430 g/mol. The van der Waals surface area contributed by atoms with Gasteiger partial charge >= 0.3 is 5.97 Å². The van der Waals surface area contributed by atoms with Crippen LogP contribution >= 0.6 is 0 Å².